The molecule has 0 aliphatic carbocycles. The van der Waals surface area contributed by atoms with Crippen molar-refractivity contribution in [2.45, 2.75) is 44.8 Å². The third-order valence-electron chi connectivity index (χ3n) is 4.43. The highest BCUT2D eigenvalue weighted by Gasteiger charge is 2.47. The molecule has 0 amide bonds. The first-order valence-corrected chi connectivity index (χ1v) is 7.70. The van der Waals surface area contributed by atoms with Gasteiger partial charge in [0.2, 0.25) is 0 Å². The van der Waals surface area contributed by atoms with E-state index in [1.807, 2.05) is 0 Å². The predicted octanol–water partition coefficient (Wildman–Crippen LogP) is 4.65. The SMILES string of the molecule is CCCC1C(C)N1C(c1ccccc1)c1ccccc1. The van der Waals surface area contributed by atoms with E-state index in [1.54, 1.807) is 0 Å². The molecule has 1 heteroatoms. The molecule has 0 saturated carbocycles. The molecule has 3 rings (SSSR count). The second-order valence-electron chi connectivity index (χ2n) is 5.77. The fraction of sp³-hybridized carbons (Fsp3) is 0.368. The van der Waals surface area contributed by atoms with Crippen LogP contribution in [-0.2, 0) is 0 Å². The molecule has 1 saturated heterocycles. The van der Waals surface area contributed by atoms with Crippen LogP contribution in [0.15, 0.2) is 60.7 Å². The third kappa shape index (κ3) is 2.51. The Bertz CT molecular complexity index is 495. The Morgan fingerprint density at radius 1 is 0.900 bits per heavy atom. The molecular weight excluding hydrogens is 242 g/mol. The van der Waals surface area contributed by atoms with Crippen molar-refractivity contribution in [2.24, 2.45) is 0 Å². The lowest BCUT2D eigenvalue weighted by Crippen LogP contribution is -2.14. The molecule has 1 fully saturated rings. The Balaban J connectivity index is 1.94. The van der Waals surface area contributed by atoms with Crippen LogP contribution < -0.4 is 0 Å². The molecule has 0 aromatic heterocycles. The van der Waals surface area contributed by atoms with Crippen LogP contribution in [0.2, 0.25) is 0 Å². The van der Waals surface area contributed by atoms with Crippen molar-refractivity contribution < 1.29 is 0 Å². The number of benzene rings is 2. The first kappa shape index (κ1) is 13.4. The van der Waals surface area contributed by atoms with Gasteiger partial charge in [-0.15, -0.1) is 0 Å². The van der Waals surface area contributed by atoms with E-state index in [0.717, 1.165) is 6.04 Å². The third-order valence-corrected chi connectivity index (χ3v) is 4.43. The molecule has 3 atom stereocenters. The molecular formula is C19H23N. The summed E-state index contributed by atoms with van der Waals surface area (Å²) in [6.45, 7) is 4.64. The Labute approximate surface area is 122 Å². The maximum absolute atomic E-state index is 2.66. The minimum atomic E-state index is 0.406. The van der Waals surface area contributed by atoms with E-state index in [0.29, 0.717) is 12.1 Å². The van der Waals surface area contributed by atoms with Crippen molar-refractivity contribution in [1.29, 1.82) is 0 Å². The van der Waals surface area contributed by atoms with Gasteiger partial charge in [-0.1, -0.05) is 74.0 Å². The average molecular weight is 265 g/mol. The summed E-state index contributed by atoms with van der Waals surface area (Å²) in [5.41, 5.74) is 2.81. The van der Waals surface area contributed by atoms with E-state index in [4.69, 9.17) is 0 Å². The van der Waals surface area contributed by atoms with Crippen molar-refractivity contribution in [3.8, 4) is 0 Å². The van der Waals surface area contributed by atoms with Gasteiger partial charge in [0, 0.05) is 12.1 Å². The topological polar surface area (TPSA) is 3.01 Å². The van der Waals surface area contributed by atoms with Gasteiger partial charge in [0.1, 0.15) is 0 Å². The van der Waals surface area contributed by atoms with Gasteiger partial charge in [-0.05, 0) is 24.5 Å². The Morgan fingerprint density at radius 2 is 1.40 bits per heavy atom. The molecule has 3 unspecified atom stereocenters. The molecule has 1 aliphatic heterocycles. The molecule has 0 spiro atoms. The summed E-state index contributed by atoms with van der Waals surface area (Å²) in [5.74, 6) is 0. The molecule has 20 heavy (non-hydrogen) atoms. The maximum atomic E-state index is 2.66. The highest BCUT2D eigenvalue weighted by Crippen LogP contribution is 2.43. The second-order valence-corrected chi connectivity index (χ2v) is 5.77. The number of rotatable bonds is 5. The van der Waals surface area contributed by atoms with Gasteiger partial charge in [0.05, 0.1) is 6.04 Å². The van der Waals surface area contributed by atoms with Crippen LogP contribution in [0.1, 0.15) is 43.9 Å². The molecule has 0 bridgehead atoms. The van der Waals surface area contributed by atoms with Crippen LogP contribution in [0.3, 0.4) is 0 Å². The van der Waals surface area contributed by atoms with Crippen LogP contribution in [0.25, 0.3) is 0 Å². The van der Waals surface area contributed by atoms with E-state index in [1.165, 1.54) is 24.0 Å². The minimum Gasteiger partial charge on any atom is -0.284 e. The maximum Gasteiger partial charge on any atom is 0.0607 e. The lowest BCUT2D eigenvalue weighted by Gasteiger charge is -2.21. The monoisotopic (exact) mass is 265 g/mol. The highest BCUT2D eigenvalue weighted by molar-refractivity contribution is 5.34. The van der Waals surface area contributed by atoms with Crippen LogP contribution in [-0.4, -0.2) is 17.0 Å². The molecule has 0 N–H and O–H groups in total. The van der Waals surface area contributed by atoms with Crippen LogP contribution in [0, 0.1) is 0 Å². The van der Waals surface area contributed by atoms with Gasteiger partial charge < -0.3 is 0 Å². The molecule has 2 aromatic carbocycles. The van der Waals surface area contributed by atoms with E-state index in [-0.39, 0.29) is 0 Å². The number of nitrogens with zero attached hydrogens (tertiary/aromatic N) is 1. The van der Waals surface area contributed by atoms with Crippen LogP contribution >= 0.6 is 0 Å². The molecule has 0 radical (unpaired) electrons. The van der Waals surface area contributed by atoms with Gasteiger partial charge in [0.25, 0.3) is 0 Å². The summed E-state index contributed by atoms with van der Waals surface area (Å²) >= 11 is 0. The first-order chi connectivity index (χ1) is 9.83. The fourth-order valence-electron chi connectivity index (χ4n) is 3.36. The van der Waals surface area contributed by atoms with Gasteiger partial charge >= 0.3 is 0 Å². The highest BCUT2D eigenvalue weighted by atomic mass is 15.4. The van der Waals surface area contributed by atoms with Crippen molar-refractivity contribution in [3.05, 3.63) is 71.8 Å². The number of hydrogen-bond donors (Lipinski definition) is 0. The van der Waals surface area contributed by atoms with Crippen LogP contribution in [0.5, 0.6) is 0 Å². The smallest absolute Gasteiger partial charge is 0.0607 e. The lowest BCUT2D eigenvalue weighted by molar-refractivity contribution is 0.403. The van der Waals surface area contributed by atoms with Gasteiger partial charge in [0.15, 0.2) is 0 Å². The normalized spacial score (nSPS) is 24.9. The zero-order chi connectivity index (χ0) is 13.9. The Kier molecular flexibility index (Phi) is 3.88. The summed E-state index contributed by atoms with van der Waals surface area (Å²) in [6, 6.07) is 23.6. The largest absolute Gasteiger partial charge is 0.284 e. The van der Waals surface area contributed by atoms with E-state index in [9.17, 15) is 0 Å². The van der Waals surface area contributed by atoms with Crippen molar-refractivity contribution in [1.82, 2.24) is 4.90 Å². The summed E-state index contributed by atoms with van der Waals surface area (Å²) in [4.78, 5) is 2.66. The summed E-state index contributed by atoms with van der Waals surface area (Å²) < 4.78 is 0. The zero-order valence-electron chi connectivity index (χ0n) is 12.4. The summed E-state index contributed by atoms with van der Waals surface area (Å²) in [5, 5.41) is 0. The summed E-state index contributed by atoms with van der Waals surface area (Å²) in [6.07, 6.45) is 2.57. The van der Waals surface area contributed by atoms with Gasteiger partial charge in [-0.3, -0.25) is 4.90 Å². The standard InChI is InChI=1S/C19H23N/c1-3-10-18-15(2)20(18)19(16-11-6-4-7-12-16)17-13-8-5-9-14-17/h4-9,11-15,18-19H,3,10H2,1-2H3. The minimum absolute atomic E-state index is 0.406. The predicted molar refractivity (Wildman–Crippen MR) is 84.7 cm³/mol. The average Bonchev–Trinajstić information content (AvgIpc) is 3.12. The lowest BCUT2D eigenvalue weighted by atomic mass is 9.98. The van der Waals surface area contributed by atoms with Gasteiger partial charge in [-0.25, -0.2) is 0 Å². The Hall–Kier alpha value is -1.60. The molecule has 1 heterocycles. The van der Waals surface area contributed by atoms with Crippen molar-refractivity contribution in [3.63, 3.8) is 0 Å². The van der Waals surface area contributed by atoms with Gasteiger partial charge in [-0.2, -0.15) is 0 Å². The molecule has 1 aliphatic rings. The van der Waals surface area contributed by atoms with Crippen molar-refractivity contribution in [2.75, 3.05) is 0 Å². The van der Waals surface area contributed by atoms with Crippen molar-refractivity contribution >= 4 is 0 Å². The number of hydrogen-bond acceptors (Lipinski definition) is 1. The van der Waals surface area contributed by atoms with E-state index < -0.39 is 0 Å². The molecule has 1 nitrogen and oxygen atoms in total. The first-order valence-electron chi connectivity index (χ1n) is 7.70. The van der Waals surface area contributed by atoms with E-state index >= 15 is 0 Å². The molecule has 104 valence electrons. The van der Waals surface area contributed by atoms with E-state index in [2.05, 4.69) is 79.4 Å². The fourth-order valence-corrected chi connectivity index (χ4v) is 3.36. The second kappa shape index (κ2) is 5.80. The Morgan fingerprint density at radius 3 is 1.85 bits per heavy atom. The quantitative estimate of drug-likeness (QED) is 0.711. The molecule has 2 aromatic rings. The van der Waals surface area contributed by atoms with Crippen LogP contribution in [0.4, 0.5) is 0 Å². The summed E-state index contributed by atoms with van der Waals surface area (Å²) in [7, 11) is 0. The zero-order valence-corrected chi connectivity index (χ0v) is 12.4.